The number of ether oxygens (including phenoxy) is 3. The van der Waals surface area contributed by atoms with Crippen molar-refractivity contribution in [3.63, 3.8) is 0 Å². The first-order valence-corrected chi connectivity index (χ1v) is 18.1. The summed E-state index contributed by atoms with van der Waals surface area (Å²) >= 11 is 0. The Balaban J connectivity index is 2.14. The molecule has 0 radical (unpaired) electrons. The van der Waals surface area contributed by atoms with Gasteiger partial charge in [0.15, 0.2) is 14.4 Å². The molecule has 230 valence electrons. The molecule has 2 fully saturated rings. The molecule has 3 aliphatic heterocycles. The van der Waals surface area contributed by atoms with Gasteiger partial charge in [-0.05, 0) is 57.7 Å². The van der Waals surface area contributed by atoms with Crippen LogP contribution in [-0.4, -0.2) is 66.4 Å². The van der Waals surface area contributed by atoms with E-state index in [1.165, 1.54) is 6.08 Å². The van der Waals surface area contributed by atoms with Crippen LogP contribution < -0.4 is 0 Å². The number of fused-ring (bicyclic) bond motifs is 4. The van der Waals surface area contributed by atoms with Crippen molar-refractivity contribution >= 4 is 14.3 Å². The van der Waals surface area contributed by atoms with Crippen LogP contribution in [0, 0.1) is 17.3 Å². The summed E-state index contributed by atoms with van der Waals surface area (Å²) in [5.74, 6) is -3.07. The summed E-state index contributed by atoms with van der Waals surface area (Å²) in [7, 11) is -2.25. The molecule has 0 aliphatic carbocycles. The van der Waals surface area contributed by atoms with Crippen LogP contribution in [0.3, 0.4) is 0 Å². The van der Waals surface area contributed by atoms with Crippen LogP contribution in [0.2, 0.25) is 18.1 Å². The first kappa shape index (κ1) is 33.5. The molecule has 0 amide bonds. The fourth-order valence-electron chi connectivity index (χ4n) is 6.02. The molecule has 40 heavy (non-hydrogen) atoms. The summed E-state index contributed by atoms with van der Waals surface area (Å²) in [5, 5.41) is 24.3. The van der Waals surface area contributed by atoms with Crippen LogP contribution in [0.5, 0.6) is 0 Å². The van der Waals surface area contributed by atoms with Crippen molar-refractivity contribution in [2.45, 2.75) is 155 Å². The monoisotopic (exact) mass is 580 g/mol. The minimum Gasteiger partial charge on any atom is -0.453 e. The number of esters is 1. The van der Waals surface area contributed by atoms with Crippen molar-refractivity contribution in [3.8, 4) is 0 Å². The van der Waals surface area contributed by atoms with Gasteiger partial charge in [-0.3, -0.25) is 0 Å². The van der Waals surface area contributed by atoms with Crippen molar-refractivity contribution in [1.29, 1.82) is 0 Å². The van der Waals surface area contributed by atoms with Crippen molar-refractivity contribution in [2.75, 3.05) is 0 Å². The zero-order valence-electron chi connectivity index (χ0n) is 27.0. The standard InChI is InChI=1S/C32H56O7Si/c1-13-20(2)18-25(33)36-27-22(4)19-23-26(39-40(11,12)29(5,6)7)21(3)14-16-30(8,9)24-15-17-31(10,38-24)28(34)32(27,35)37-23/h14,16,18,21-24,26-28,34-35H,13,15,17,19H2,1-12H3/b16-14+,20-18+/t21-,22+,23+,24-,26-,27+,28-,31+,32-/m0/s1. The van der Waals surface area contributed by atoms with Gasteiger partial charge in [-0.2, -0.15) is 0 Å². The first-order valence-electron chi connectivity index (χ1n) is 15.2. The highest BCUT2D eigenvalue weighted by molar-refractivity contribution is 6.74. The molecule has 0 aromatic carbocycles. The van der Waals surface area contributed by atoms with E-state index in [1.54, 1.807) is 0 Å². The number of aliphatic hydroxyl groups excluding tert-OH is 1. The molecule has 0 saturated carbocycles. The normalized spacial score (nSPS) is 41.5. The summed E-state index contributed by atoms with van der Waals surface area (Å²) in [6.45, 7) is 25.1. The highest BCUT2D eigenvalue weighted by atomic mass is 28.4. The Kier molecular flexibility index (Phi) is 9.68. The summed E-state index contributed by atoms with van der Waals surface area (Å²) in [6.07, 6.45) is 4.76. The first-order chi connectivity index (χ1) is 18.2. The Hall–Kier alpha value is -1.03. The van der Waals surface area contributed by atoms with E-state index >= 15 is 0 Å². The molecular weight excluding hydrogens is 524 g/mol. The third-order valence-electron chi connectivity index (χ3n) is 10.1. The minimum atomic E-state index is -2.25. The average Bonchev–Trinajstić information content (AvgIpc) is 3.25. The van der Waals surface area contributed by atoms with Crippen molar-refractivity contribution < 1.29 is 33.6 Å². The Morgan fingerprint density at radius 2 is 1.80 bits per heavy atom. The quantitative estimate of drug-likeness (QED) is 0.171. The van der Waals surface area contributed by atoms with Gasteiger partial charge < -0.3 is 28.8 Å². The molecule has 3 aliphatic rings. The number of hydrogen-bond acceptors (Lipinski definition) is 7. The van der Waals surface area contributed by atoms with E-state index in [0.717, 1.165) is 12.0 Å². The topological polar surface area (TPSA) is 94.5 Å². The molecule has 0 aromatic heterocycles. The zero-order valence-corrected chi connectivity index (χ0v) is 28.0. The second-order valence-electron chi connectivity index (χ2n) is 15.1. The van der Waals surface area contributed by atoms with E-state index in [-0.39, 0.29) is 34.5 Å². The molecule has 8 heteroatoms. The molecule has 4 bridgehead atoms. The van der Waals surface area contributed by atoms with Gasteiger partial charge in [-0.25, -0.2) is 4.79 Å². The molecular formula is C32H56O7Si. The van der Waals surface area contributed by atoms with E-state index < -0.39 is 44.0 Å². The van der Waals surface area contributed by atoms with Gasteiger partial charge in [-0.15, -0.1) is 0 Å². The SMILES string of the molecule is CC/C(C)=C/C(=O)O[C@@H]1[C@H](C)C[C@H]2O[C@]1(O)[C@@H](O)[C@@]1(C)CC[C@H](O1)C(C)(C)/C=C/[C@H](C)[C@@H]2O[Si](C)(C)C(C)(C)C. The van der Waals surface area contributed by atoms with Crippen molar-refractivity contribution in [3.05, 3.63) is 23.8 Å². The molecule has 0 aromatic rings. The fourth-order valence-corrected chi connectivity index (χ4v) is 7.42. The second-order valence-corrected chi connectivity index (χ2v) is 19.8. The smallest absolute Gasteiger partial charge is 0.331 e. The van der Waals surface area contributed by atoms with E-state index in [9.17, 15) is 15.0 Å². The molecule has 9 atom stereocenters. The van der Waals surface area contributed by atoms with E-state index in [1.807, 2.05) is 27.7 Å². The highest BCUT2D eigenvalue weighted by Gasteiger charge is 2.63. The molecule has 0 spiro atoms. The molecule has 2 N–H and O–H groups in total. The van der Waals surface area contributed by atoms with Crippen molar-refractivity contribution in [2.24, 2.45) is 17.3 Å². The fraction of sp³-hybridized carbons (Fsp3) is 0.844. The molecule has 0 unspecified atom stereocenters. The van der Waals surface area contributed by atoms with Gasteiger partial charge in [0.25, 0.3) is 0 Å². The third kappa shape index (κ3) is 6.62. The van der Waals surface area contributed by atoms with Crippen molar-refractivity contribution in [1.82, 2.24) is 0 Å². The Bertz CT molecular complexity index is 982. The number of carbonyl (C=O) groups is 1. The third-order valence-corrected chi connectivity index (χ3v) is 14.6. The largest absolute Gasteiger partial charge is 0.453 e. The predicted octanol–water partition coefficient (Wildman–Crippen LogP) is 6.29. The van der Waals surface area contributed by atoms with Gasteiger partial charge in [0.1, 0.15) is 6.10 Å². The summed E-state index contributed by atoms with van der Waals surface area (Å²) in [6, 6.07) is 0. The van der Waals surface area contributed by atoms with E-state index in [2.05, 4.69) is 66.8 Å². The lowest BCUT2D eigenvalue weighted by atomic mass is 9.78. The summed E-state index contributed by atoms with van der Waals surface area (Å²) < 4.78 is 26.1. The predicted molar refractivity (Wildman–Crippen MR) is 160 cm³/mol. The number of rotatable bonds is 5. The van der Waals surface area contributed by atoms with Gasteiger partial charge in [-0.1, -0.05) is 73.1 Å². The molecule has 3 rings (SSSR count). The Morgan fingerprint density at radius 1 is 1.18 bits per heavy atom. The maximum Gasteiger partial charge on any atom is 0.331 e. The minimum absolute atomic E-state index is 0.0303. The summed E-state index contributed by atoms with van der Waals surface area (Å²) in [4.78, 5) is 12.9. The highest BCUT2D eigenvalue weighted by Crippen LogP contribution is 2.49. The molecule has 7 nitrogen and oxygen atoms in total. The maximum absolute atomic E-state index is 12.9. The van der Waals surface area contributed by atoms with Crippen LogP contribution in [0.4, 0.5) is 0 Å². The summed E-state index contributed by atoms with van der Waals surface area (Å²) in [5.41, 5.74) is -0.516. The van der Waals surface area contributed by atoms with Gasteiger partial charge in [0.2, 0.25) is 5.79 Å². The number of carbonyl (C=O) groups excluding carboxylic acids is 1. The number of hydrogen-bond donors (Lipinski definition) is 2. The Morgan fingerprint density at radius 3 is 2.38 bits per heavy atom. The zero-order chi connectivity index (χ0) is 30.5. The molecule has 2 saturated heterocycles. The number of allylic oxidation sites excluding steroid dienone is 1. The van der Waals surface area contributed by atoms with Crippen LogP contribution in [0.15, 0.2) is 23.8 Å². The van der Waals surface area contributed by atoms with Crippen LogP contribution in [0.25, 0.3) is 0 Å². The molecule has 3 heterocycles. The lowest BCUT2D eigenvalue weighted by Gasteiger charge is -2.53. The lowest BCUT2D eigenvalue weighted by Crippen LogP contribution is -2.69. The van der Waals surface area contributed by atoms with Gasteiger partial charge >= 0.3 is 5.97 Å². The second kappa shape index (κ2) is 11.6. The number of aliphatic hydroxyl groups is 2. The van der Waals surface area contributed by atoms with E-state index in [4.69, 9.17) is 18.6 Å². The maximum atomic E-state index is 12.9. The van der Waals surface area contributed by atoms with E-state index in [0.29, 0.717) is 19.3 Å². The van der Waals surface area contributed by atoms with Gasteiger partial charge in [0, 0.05) is 23.3 Å². The average molecular weight is 581 g/mol. The lowest BCUT2D eigenvalue weighted by molar-refractivity contribution is -0.376. The Labute approximate surface area is 243 Å². The van der Waals surface area contributed by atoms with Gasteiger partial charge in [0.05, 0.1) is 23.9 Å². The van der Waals surface area contributed by atoms with Crippen LogP contribution in [-0.2, 0) is 23.4 Å². The van der Waals surface area contributed by atoms with Crippen LogP contribution >= 0.6 is 0 Å². The van der Waals surface area contributed by atoms with Crippen LogP contribution in [0.1, 0.15) is 94.9 Å².